The minimum absolute atomic E-state index is 0.0384. The predicted octanol–water partition coefficient (Wildman–Crippen LogP) is 3.15. The van der Waals surface area contributed by atoms with Gasteiger partial charge in [0.05, 0.1) is 0 Å². The fraction of sp³-hybridized carbons (Fsp3) is 0.600. The van der Waals surface area contributed by atoms with Gasteiger partial charge >= 0.3 is 6.03 Å². The van der Waals surface area contributed by atoms with E-state index in [1.165, 1.54) is 0 Å². The first-order valence-corrected chi connectivity index (χ1v) is 9.31. The van der Waals surface area contributed by atoms with Crippen molar-refractivity contribution in [3.05, 3.63) is 36.5 Å². The van der Waals surface area contributed by atoms with Gasteiger partial charge in [0.2, 0.25) is 5.91 Å². The fourth-order valence-corrected chi connectivity index (χ4v) is 3.66. The van der Waals surface area contributed by atoms with E-state index in [1.807, 2.05) is 11.0 Å². The van der Waals surface area contributed by atoms with E-state index >= 15 is 0 Å². The van der Waals surface area contributed by atoms with E-state index in [0.717, 1.165) is 44.2 Å². The summed E-state index contributed by atoms with van der Waals surface area (Å²) in [4.78, 5) is 27.1. The lowest BCUT2D eigenvalue weighted by molar-refractivity contribution is -0.135. The number of amides is 3. The van der Waals surface area contributed by atoms with Crippen LogP contribution in [0.15, 0.2) is 36.5 Å². The van der Waals surface area contributed by atoms with Gasteiger partial charge in [-0.25, -0.2) is 4.79 Å². The van der Waals surface area contributed by atoms with Crippen LogP contribution in [0.3, 0.4) is 0 Å². The van der Waals surface area contributed by atoms with E-state index in [0.29, 0.717) is 6.42 Å². The Balaban J connectivity index is 2.21. The number of rotatable bonds is 3. The Labute approximate surface area is 151 Å². The molecule has 5 nitrogen and oxygen atoms in total. The molecule has 1 saturated heterocycles. The van der Waals surface area contributed by atoms with E-state index in [9.17, 15) is 9.59 Å². The van der Waals surface area contributed by atoms with Gasteiger partial charge in [0, 0.05) is 19.6 Å². The van der Waals surface area contributed by atoms with Crippen LogP contribution in [0.4, 0.5) is 4.79 Å². The monoisotopic (exact) mass is 345 g/mol. The fourth-order valence-electron chi connectivity index (χ4n) is 3.66. The Morgan fingerprint density at radius 1 is 1.28 bits per heavy atom. The second kappa shape index (κ2) is 9.44. The summed E-state index contributed by atoms with van der Waals surface area (Å²) < 4.78 is 0. The molecule has 0 radical (unpaired) electrons. The topological polar surface area (TPSA) is 61.4 Å². The number of carbonyl (C=O) groups is 2. The molecule has 0 spiro atoms. The van der Waals surface area contributed by atoms with Crippen LogP contribution in [-0.2, 0) is 4.79 Å². The number of urea groups is 1. The van der Waals surface area contributed by atoms with Crippen LogP contribution in [0.2, 0.25) is 0 Å². The van der Waals surface area contributed by atoms with Gasteiger partial charge in [0.25, 0.3) is 0 Å². The van der Waals surface area contributed by atoms with Crippen LogP contribution in [0.5, 0.6) is 0 Å². The van der Waals surface area contributed by atoms with Gasteiger partial charge in [-0.05, 0) is 51.4 Å². The summed E-state index contributed by atoms with van der Waals surface area (Å²) in [5.74, 6) is 0.0777. The maximum Gasteiger partial charge on any atom is 0.315 e. The molecule has 1 heterocycles. The number of carbonyl (C=O) groups excluding carboxylic acids is 2. The van der Waals surface area contributed by atoms with E-state index in [4.69, 9.17) is 0 Å². The van der Waals surface area contributed by atoms with E-state index in [-0.39, 0.29) is 23.9 Å². The van der Waals surface area contributed by atoms with Crippen LogP contribution in [0, 0.1) is 5.92 Å². The second-order valence-electron chi connectivity index (χ2n) is 7.03. The first-order chi connectivity index (χ1) is 12.0. The first-order valence-electron chi connectivity index (χ1n) is 9.31. The molecule has 2 aliphatic rings. The Kier molecular flexibility index (Phi) is 7.29. The molecule has 3 amide bonds. The van der Waals surface area contributed by atoms with Crippen molar-refractivity contribution in [1.29, 1.82) is 0 Å². The maximum atomic E-state index is 13.2. The summed E-state index contributed by atoms with van der Waals surface area (Å²) in [6.45, 7) is 6.99. The van der Waals surface area contributed by atoms with Gasteiger partial charge in [-0.15, -0.1) is 0 Å². The lowest BCUT2D eigenvalue weighted by Gasteiger charge is -2.32. The molecular formula is C20H31N3O2. The highest BCUT2D eigenvalue weighted by atomic mass is 16.2. The molecule has 3 atom stereocenters. The van der Waals surface area contributed by atoms with E-state index in [1.54, 1.807) is 7.05 Å². The third-order valence-corrected chi connectivity index (χ3v) is 5.11. The average Bonchev–Trinajstić information content (AvgIpc) is 3.03. The number of allylic oxidation sites excluding steroid dienone is 5. The lowest BCUT2D eigenvalue weighted by Crippen LogP contribution is -2.54. The van der Waals surface area contributed by atoms with Gasteiger partial charge < -0.3 is 15.5 Å². The van der Waals surface area contributed by atoms with Crippen LogP contribution in [0.25, 0.3) is 0 Å². The van der Waals surface area contributed by atoms with Gasteiger partial charge in [-0.3, -0.25) is 4.79 Å². The highest BCUT2D eigenvalue weighted by molar-refractivity contribution is 5.87. The normalized spacial score (nSPS) is 28.1. The van der Waals surface area contributed by atoms with Crippen molar-refractivity contribution in [2.24, 2.45) is 5.92 Å². The molecule has 0 bridgehead atoms. The molecule has 2 rings (SSSR count). The molecule has 2 N–H and O–H groups in total. The summed E-state index contributed by atoms with van der Waals surface area (Å²) in [6, 6.07) is -0.582. The third-order valence-electron chi connectivity index (χ3n) is 5.11. The molecule has 3 unspecified atom stereocenters. The van der Waals surface area contributed by atoms with Crippen molar-refractivity contribution < 1.29 is 9.59 Å². The van der Waals surface area contributed by atoms with Crippen molar-refractivity contribution in [2.75, 3.05) is 13.6 Å². The van der Waals surface area contributed by atoms with E-state index < -0.39 is 6.04 Å². The largest absolute Gasteiger partial charge is 0.341 e. The smallest absolute Gasteiger partial charge is 0.315 e. The summed E-state index contributed by atoms with van der Waals surface area (Å²) in [7, 11) is 1.58. The third kappa shape index (κ3) is 5.48. The summed E-state index contributed by atoms with van der Waals surface area (Å²) >= 11 is 0. The standard InChI is InChI=1S/C20H31N3O2/c1-15-10-7-5-4-6-8-12-17(14-15)18(22-20(25)21-3)19(24)23-13-9-11-16(23)2/h4,6-7,10,16-18H,1,5,8-9,11-14H2,2-3H3,(H2,21,22,25)/b6-4-,10-7-. The van der Waals surface area contributed by atoms with Crippen molar-refractivity contribution in [1.82, 2.24) is 15.5 Å². The zero-order chi connectivity index (χ0) is 18.2. The summed E-state index contributed by atoms with van der Waals surface area (Å²) in [5, 5.41) is 5.49. The van der Waals surface area contributed by atoms with Crippen LogP contribution in [0.1, 0.15) is 45.4 Å². The van der Waals surface area contributed by atoms with Crippen molar-refractivity contribution in [3.63, 3.8) is 0 Å². The number of hydrogen-bond acceptors (Lipinski definition) is 2. The Morgan fingerprint density at radius 3 is 2.76 bits per heavy atom. The molecule has 1 aliphatic carbocycles. The quantitative estimate of drug-likeness (QED) is 0.772. The zero-order valence-corrected chi connectivity index (χ0v) is 15.5. The number of nitrogens with one attached hydrogen (secondary N) is 2. The molecule has 0 aromatic carbocycles. The van der Waals surface area contributed by atoms with Crippen molar-refractivity contribution >= 4 is 11.9 Å². The first kappa shape index (κ1) is 19.3. The molecular weight excluding hydrogens is 314 g/mol. The summed E-state index contributed by atoms with van der Waals surface area (Å²) in [6.07, 6.45) is 13.9. The zero-order valence-electron chi connectivity index (χ0n) is 15.5. The number of likely N-dealkylation sites (tertiary alicyclic amines) is 1. The highest BCUT2D eigenvalue weighted by Gasteiger charge is 2.36. The Bertz CT molecular complexity index is 553. The maximum absolute atomic E-state index is 13.2. The highest BCUT2D eigenvalue weighted by Crippen LogP contribution is 2.26. The minimum Gasteiger partial charge on any atom is -0.341 e. The Hall–Kier alpha value is -2.04. The van der Waals surface area contributed by atoms with Gasteiger partial charge in [-0.1, -0.05) is 36.5 Å². The van der Waals surface area contributed by atoms with Crippen molar-refractivity contribution in [3.8, 4) is 0 Å². The molecule has 1 fully saturated rings. The lowest BCUT2D eigenvalue weighted by atomic mass is 9.86. The average molecular weight is 345 g/mol. The Morgan fingerprint density at radius 2 is 2.08 bits per heavy atom. The van der Waals surface area contributed by atoms with E-state index in [2.05, 4.69) is 42.4 Å². The van der Waals surface area contributed by atoms with Gasteiger partial charge in [-0.2, -0.15) is 0 Å². The van der Waals surface area contributed by atoms with Crippen LogP contribution >= 0.6 is 0 Å². The molecule has 25 heavy (non-hydrogen) atoms. The molecule has 0 aromatic heterocycles. The molecule has 5 heteroatoms. The molecule has 1 aliphatic heterocycles. The van der Waals surface area contributed by atoms with Crippen LogP contribution in [-0.4, -0.2) is 42.5 Å². The van der Waals surface area contributed by atoms with Crippen molar-refractivity contribution in [2.45, 2.75) is 57.5 Å². The second-order valence-corrected chi connectivity index (χ2v) is 7.03. The molecule has 0 saturated carbocycles. The molecule has 0 aromatic rings. The minimum atomic E-state index is -0.515. The predicted molar refractivity (Wildman–Crippen MR) is 101 cm³/mol. The number of hydrogen-bond donors (Lipinski definition) is 2. The SMILES string of the molecule is C=C1/C=C\C/C=C\CCC(C(NC(=O)NC)C(=O)N2CCCC2C)C1. The number of nitrogens with zero attached hydrogens (tertiary/aromatic N) is 1. The molecule has 138 valence electrons. The van der Waals surface area contributed by atoms with Gasteiger partial charge in [0.1, 0.15) is 6.04 Å². The van der Waals surface area contributed by atoms with Gasteiger partial charge in [0.15, 0.2) is 0 Å². The summed E-state index contributed by atoms with van der Waals surface area (Å²) in [5.41, 5.74) is 1.01. The van der Waals surface area contributed by atoms with Crippen LogP contribution < -0.4 is 10.6 Å².